The van der Waals surface area contributed by atoms with Gasteiger partial charge in [0.25, 0.3) is 0 Å². The van der Waals surface area contributed by atoms with Gasteiger partial charge in [-0.05, 0) is 75.1 Å². The number of aryl methyl sites for hydroxylation is 1. The second-order valence-electron chi connectivity index (χ2n) is 8.74. The van der Waals surface area contributed by atoms with E-state index in [2.05, 4.69) is 4.18 Å². The molecule has 0 aromatic heterocycles. The SMILES string of the molecule is Cc1cc2cc(C3CC3)c(F)cc2c(OS(=O)(=O)C(F)(F)F)c1C(OC(C)(C)C)C(=O)O. The van der Waals surface area contributed by atoms with Gasteiger partial charge in [0.1, 0.15) is 5.82 Å². The maximum atomic E-state index is 14.7. The van der Waals surface area contributed by atoms with Crippen molar-refractivity contribution in [3.8, 4) is 5.75 Å². The minimum absolute atomic E-state index is 0.0290. The third kappa shape index (κ3) is 4.83. The molecule has 1 saturated carbocycles. The molecule has 6 nitrogen and oxygen atoms in total. The quantitative estimate of drug-likeness (QED) is 0.343. The lowest BCUT2D eigenvalue weighted by Gasteiger charge is -2.28. The molecule has 1 aliphatic rings. The Hall–Kier alpha value is -2.40. The van der Waals surface area contributed by atoms with E-state index in [0.29, 0.717) is 5.56 Å². The molecule has 176 valence electrons. The second-order valence-corrected chi connectivity index (χ2v) is 10.3. The average Bonchev–Trinajstić information content (AvgIpc) is 3.43. The lowest BCUT2D eigenvalue weighted by atomic mass is 9.94. The fraction of sp³-hybridized carbons (Fsp3) is 0.476. The summed E-state index contributed by atoms with van der Waals surface area (Å²) in [6.45, 7) is 5.96. The molecule has 0 bridgehead atoms. The lowest BCUT2D eigenvalue weighted by Crippen LogP contribution is -2.31. The van der Waals surface area contributed by atoms with E-state index in [1.165, 1.54) is 39.8 Å². The first kappa shape index (κ1) is 24.2. The molecular weight excluding hydrogens is 456 g/mol. The molecule has 0 aliphatic heterocycles. The Kier molecular flexibility index (Phi) is 5.97. The molecule has 1 aliphatic carbocycles. The summed E-state index contributed by atoms with van der Waals surface area (Å²) in [4.78, 5) is 12.0. The van der Waals surface area contributed by atoms with Crippen molar-refractivity contribution >= 4 is 26.9 Å². The Morgan fingerprint density at radius 3 is 2.22 bits per heavy atom. The zero-order valence-corrected chi connectivity index (χ0v) is 18.5. The van der Waals surface area contributed by atoms with Crippen LogP contribution in [0.3, 0.4) is 0 Å². The van der Waals surface area contributed by atoms with Crippen molar-refractivity contribution in [1.29, 1.82) is 0 Å². The van der Waals surface area contributed by atoms with Gasteiger partial charge in [0, 0.05) is 10.9 Å². The van der Waals surface area contributed by atoms with Crippen LogP contribution in [0, 0.1) is 12.7 Å². The number of aliphatic carboxylic acids is 1. The van der Waals surface area contributed by atoms with Crippen molar-refractivity contribution in [3.05, 3.63) is 40.7 Å². The monoisotopic (exact) mass is 478 g/mol. The Morgan fingerprint density at radius 1 is 1.16 bits per heavy atom. The molecule has 1 unspecified atom stereocenters. The van der Waals surface area contributed by atoms with E-state index in [0.717, 1.165) is 18.9 Å². The number of carbonyl (C=O) groups is 1. The number of benzene rings is 2. The number of alkyl halides is 3. The summed E-state index contributed by atoms with van der Waals surface area (Å²) < 4.78 is 87.7. The number of rotatable bonds is 6. The van der Waals surface area contributed by atoms with Crippen LogP contribution in [0.2, 0.25) is 0 Å². The van der Waals surface area contributed by atoms with E-state index in [1.807, 2.05) is 0 Å². The van der Waals surface area contributed by atoms with Crippen LogP contribution in [-0.4, -0.2) is 30.6 Å². The molecule has 1 fully saturated rings. The molecule has 3 rings (SSSR count). The van der Waals surface area contributed by atoms with Crippen LogP contribution in [0.4, 0.5) is 17.6 Å². The largest absolute Gasteiger partial charge is 0.534 e. The Morgan fingerprint density at radius 2 is 1.75 bits per heavy atom. The molecular formula is C21H22F4O6S. The van der Waals surface area contributed by atoms with E-state index in [-0.39, 0.29) is 22.3 Å². The summed E-state index contributed by atoms with van der Waals surface area (Å²) in [5.74, 6) is -3.27. The summed E-state index contributed by atoms with van der Waals surface area (Å²) in [6.07, 6.45) is -0.360. The highest BCUT2D eigenvalue weighted by Gasteiger charge is 2.49. The van der Waals surface area contributed by atoms with Crippen molar-refractivity contribution in [3.63, 3.8) is 0 Å². The number of halogens is 4. The number of fused-ring (bicyclic) bond motifs is 1. The van der Waals surface area contributed by atoms with Crippen LogP contribution in [0.5, 0.6) is 5.75 Å². The van der Waals surface area contributed by atoms with E-state index >= 15 is 0 Å². The number of hydrogen-bond donors (Lipinski definition) is 1. The highest BCUT2D eigenvalue weighted by molar-refractivity contribution is 7.88. The molecule has 0 amide bonds. The summed E-state index contributed by atoms with van der Waals surface area (Å²) in [5.41, 5.74) is -6.81. The zero-order valence-electron chi connectivity index (χ0n) is 17.7. The lowest BCUT2D eigenvalue weighted by molar-refractivity contribution is -0.160. The summed E-state index contributed by atoms with van der Waals surface area (Å²) in [7, 11) is -6.18. The second kappa shape index (κ2) is 7.87. The number of carboxylic acid groups (broad SMARTS) is 1. The van der Waals surface area contributed by atoms with Crippen molar-refractivity contribution in [1.82, 2.24) is 0 Å². The van der Waals surface area contributed by atoms with Crippen LogP contribution < -0.4 is 4.18 Å². The predicted octanol–water partition coefficient (Wildman–Crippen LogP) is 5.33. The fourth-order valence-electron chi connectivity index (χ4n) is 3.42. The maximum Gasteiger partial charge on any atom is 0.534 e. The van der Waals surface area contributed by atoms with E-state index in [1.54, 1.807) is 0 Å². The number of carboxylic acids is 1. The van der Waals surface area contributed by atoms with Gasteiger partial charge in [-0.25, -0.2) is 9.18 Å². The average molecular weight is 478 g/mol. The van der Waals surface area contributed by atoms with Gasteiger partial charge in [-0.2, -0.15) is 21.6 Å². The first-order valence-corrected chi connectivity index (χ1v) is 11.1. The van der Waals surface area contributed by atoms with Gasteiger partial charge < -0.3 is 14.0 Å². The molecule has 11 heteroatoms. The highest BCUT2D eigenvalue weighted by atomic mass is 32.2. The molecule has 1 atom stereocenters. The summed E-state index contributed by atoms with van der Waals surface area (Å²) >= 11 is 0. The minimum Gasteiger partial charge on any atom is -0.479 e. The van der Waals surface area contributed by atoms with E-state index < -0.39 is 50.4 Å². The van der Waals surface area contributed by atoms with Crippen LogP contribution in [0.1, 0.15) is 62.3 Å². The summed E-state index contributed by atoms with van der Waals surface area (Å²) in [5, 5.41) is 9.64. The Bertz CT molecular complexity index is 1180. The van der Waals surface area contributed by atoms with Crippen LogP contribution >= 0.6 is 0 Å². The fourth-order valence-corrected chi connectivity index (χ4v) is 3.92. The van der Waals surface area contributed by atoms with Crippen LogP contribution in [-0.2, 0) is 19.6 Å². The third-order valence-corrected chi connectivity index (χ3v) is 5.86. The molecule has 32 heavy (non-hydrogen) atoms. The minimum atomic E-state index is -6.18. The molecule has 0 radical (unpaired) electrons. The Labute approximate surface area is 182 Å². The van der Waals surface area contributed by atoms with Gasteiger partial charge in [-0.3, -0.25) is 0 Å². The topological polar surface area (TPSA) is 89.9 Å². The van der Waals surface area contributed by atoms with E-state index in [9.17, 15) is 35.9 Å². The van der Waals surface area contributed by atoms with Gasteiger partial charge in [0.2, 0.25) is 0 Å². The first-order chi connectivity index (χ1) is 14.5. The molecule has 0 saturated heterocycles. The Balaban J connectivity index is 2.35. The first-order valence-electron chi connectivity index (χ1n) is 9.70. The number of hydrogen-bond acceptors (Lipinski definition) is 5. The predicted molar refractivity (Wildman–Crippen MR) is 107 cm³/mol. The molecule has 0 heterocycles. The smallest absolute Gasteiger partial charge is 0.479 e. The third-order valence-electron chi connectivity index (χ3n) is 4.91. The number of ether oxygens (including phenoxy) is 1. The van der Waals surface area contributed by atoms with Crippen LogP contribution in [0.25, 0.3) is 10.8 Å². The standard InChI is InChI=1S/C21H22F4O6S/c1-10-7-12-8-13(11-5-6-11)15(22)9-14(12)17(31-32(28,29)21(23,24)25)16(10)18(19(26)27)30-20(2,3)4/h7-9,11,18H,5-6H2,1-4H3,(H,26,27). The molecule has 1 N–H and O–H groups in total. The molecule has 0 spiro atoms. The van der Waals surface area contributed by atoms with Gasteiger partial charge in [-0.1, -0.05) is 6.07 Å². The van der Waals surface area contributed by atoms with Gasteiger partial charge in [0.15, 0.2) is 11.9 Å². The normalized spacial score (nSPS) is 16.2. The van der Waals surface area contributed by atoms with Crippen molar-refractivity contribution in [2.45, 2.75) is 63.7 Å². The molecule has 2 aromatic carbocycles. The summed E-state index contributed by atoms with van der Waals surface area (Å²) in [6, 6.07) is 3.75. The van der Waals surface area contributed by atoms with Gasteiger partial charge in [-0.15, -0.1) is 0 Å². The van der Waals surface area contributed by atoms with Crippen molar-refractivity contribution in [2.24, 2.45) is 0 Å². The maximum absolute atomic E-state index is 14.7. The highest BCUT2D eigenvalue weighted by Crippen LogP contribution is 2.46. The van der Waals surface area contributed by atoms with Gasteiger partial charge in [0.05, 0.1) is 5.60 Å². The van der Waals surface area contributed by atoms with Crippen molar-refractivity contribution in [2.75, 3.05) is 0 Å². The van der Waals surface area contributed by atoms with Crippen LogP contribution in [0.15, 0.2) is 18.2 Å². The van der Waals surface area contributed by atoms with Gasteiger partial charge >= 0.3 is 21.6 Å². The zero-order chi connectivity index (χ0) is 24.2. The molecule has 2 aromatic rings. The van der Waals surface area contributed by atoms with Crippen molar-refractivity contribution < 1.29 is 44.8 Å². The van der Waals surface area contributed by atoms with E-state index in [4.69, 9.17) is 4.74 Å².